The molecule has 0 spiro atoms. The van der Waals surface area contributed by atoms with Gasteiger partial charge >= 0.3 is 6.03 Å². The zero-order chi connectivity index (χ0) is 24.5. The summed E-state index contributed by atoms with van der Waals surface area (Å²) in [5.41, 5.74) is 1.95. The van der Waals surface area contributed by atoms with Crippen molar-refractivity contribution in [1.82, 2.24) is 10.2 Å². The van der Waals surface area contributed by atoms with E-state index in [4.69, 9.17) is 16.4 Å². The van der Waals surface area contributed by atoms with Crippen LogP contribution in [-0.4, -0.2) is 56.8 Å². The third kappa shape index (κ3) is 6.88. The molecule has 186 valence electrons. The lowest BCUT2D eigenvalue weighted by Crippen LogP contribution is -2.47. The van der Waals surface area contributed by atoms with Crippen LogP contribution in [0.2, 0.25) is 5.02 Å². The molecule has 0 aliphatic carbocycles. The van der Waals surface area contributed by atoms with Gasteiger partial charge in [-0.1, -0.05) is 67.4 Å². The van der Waals surface area contributed by atoms with Gasteiger partial charge in [0.15, 0.2) is 0 Å². The minimum atomic E-state index is -0.218. The molecule has 0 bridgehead atoms. The highest BCUT2D eigenvalue weighted by Gasteiger charge is 2.20. The highest BCUT2D eigenvalue weighted by atomic mass is 35.5. The van der Waals surface area contributed by atoms with Gasteiger partial charge in [-0.2, -0.15) is 5.06 Å². The van der Waals surface area contributed by atoms with Crippen LogP contribution in [0.3, 0.4) is 0 Å². The Kier molecular flexibility index (Phi) is 9.23. The van der Waals surface area contributed by atoms with E-state index < -0.39 is 0 Å². The third-order valence-corrected chi connectivity index (χ3v) is 6.60. The second kappa shape index (κ2) is 12.8. The summed E-state index contributed by atoms with van der Waals surface area (Å²) in [6.07, 6.45) is 2.82. The molecule has 0 aromatic heterocycles. The third-order valence-electron chi connectivity index (χ3n) is 6.36. The Morgan fingerprint density at radius 2 is 1.77 bits per heavy atom. The number of urea groups is 1. The Balaban J connectivity index is 1.31. The quantitative estimate of drug-likeness (QED) is 0.279. The Bertz CT molecular complexity index is 1100. The number of hydrogen-bond acceptors (Lipinski definition) is 4. The van der Waals surface area contributed by atoms with Crippen LogP contribution >= 0.6 is 11.6 Å². The number of halogens is 1. The summed E-state index contributed by atoms with van der Waals surface area (Å²) in [5.74, 6) is 0. The van der Waals surface area contributed by atoms with Gasteiger partial charge in [-0.05, 0) is 42.5 Å². The van der Waals surface area contributed by atoms with E-state index >= 15 is 0 Å². The Hall–Kier alpha value is -2.80. The molecular formula is C28H35ClN4O2. The number of unbranched alkanes of at least 4 members (excludes halogenated alkanes) is 1. The van der Waals surface area contributed by atoms with Gasteiger partial charge in [0.05, 0.1) is 12.3 Å². The van der Waals surface area contributed by atoms with Crippen molar-refractivity contribution < 1.29 is 9.63 Å². The van der Waals surface area contributed by atoms with Crippen LogP contribution in [-0.2, 0) is 4.84 Å². The Morgan fingerprint density at radius 1 is 1.00 bits per heavy atom. The average molecular weight is 495 g/mol. The first-order chi connectivity index (χ1) is 17.2. The normalized spacial score (nSPS) is 14.3. The van der Waals surface area contributed by atoms with Crippen LogP contribution in [0.5, 0.6) is 0 Å². The van der Waals surface area contributed by atoms with Crippen LogP contribution in [0.1, 0.15) is 26.2 Å². The number of carbonyl (C=O) groups excluding carboxylic acids is 1. The summed E-state index contributed by atoms with van der Waals surface area (Å²) >= 11 is 6.15. The molecule has 1 aliphatic rings. The van der Waals surface area contributed by atoms with Crippen molar-refractivity contribution in [2.75, 3.05) is 55.8 Å². The van der Waals surface area contributed by atoms with Crippen molar-refractivity contribution in [3.63, 3.8) is 0 Å². The molecule has 0 unspecified atom stereocenters. The van der Waals surface area contributed by atoms with Crippen LogP contribution < -0.4 is 15.3 Å². The van der Waals surface area contributed by atoms with Gasteiger partial charge in [0, 0.05) is 55.4 Å². The van der Waals surface area contributed by atoms with E-state index in [0.29, 0.717) is 13.2 Å². The van der Waals surface area contributed by atoms with E-state index in [-0.39, 0.29) is 6.03 Å². The van der Waals surface area contributed by atoms with E-state index in [1.165, 1.54) is 10.8 Å². The summed E-state index contributed by atoms with van der Waals surface area (Å²) in [6.45, 7) is 8.10. The Labute approximate surface area is 213 Å². The monoisotopic (exact) mass is 494 g/mol. The first-order valence-electron chi connectivity index (χ1n) is 12.6. The zero-order valence-electron chi connectivity index (χ0n) is 20.5. The first kappa shape index (κ1) is 25.3. The minimum absolute atomic E-state index is 0.218. The Morgan fingerprint density at radius 3 is 2.57 bits per heavy atom. The number of benzene rings is 3. The lowest BCUT2D eigenvalue weighted by Gasteiger charge is -2.36. The van der Waals surface area contributed by atoms with Crippen LogP contribution in [0.15, 0.2) is 66.7 Å². The summed E-state index contributed by atoms with van der Waals surface area (Å²) < 4.78 is 0. The van der Waals surface area contributed by atoms with Gasteiger partial charge in [-0.25, -0.2) is 4.79 Å². The average Bonchev–Trinajstić information content (AvgIpc) is 2.89. The van der Waals surface area contributed by atoms with Crippen molar-refractivity contribution in [3.8, 4) is 0 Å². The fraction of sp³-hybridized carbons (Fsp3) is 0.393. The molecule has 1 heterocycles. The van der Waals surface area contributed by atoms with E-state index in [1.54, 1.807) is 0 Å². The van der Waals surface area contributed by atoms with Gasteiger partial charge in [0.2, 0.25) is 0 Å². The van der Waals surface area contributed by atoms with Crippen molar-refractivity contribution in [2.24, 2.45) is 0 Å². The van der Waals surface area contributed by atoms with E-state index in [1.807, 2.05) is 48.5 Å². The molecule has 0 atom stereocenters. The first-order valence-corrected chi connectivity index (χ1v) is 12.9. The molecule has 0 radical (unpaired) electrons. The molecule has 3 aromatic carbocycles. The maximum absolute atomic E-state index is 13.0. The minimum Gasteiger partial charge on any atom is -0.369 e. The molecular weight excluding hydrogens is 460 g/mol. The topological polar surface area (TPSA) is 48.1 Å². The van der Waals surface area contributed by atoms with Gasteiger partial charge in [-0.15, -0.1) is 0 Å². The van der Waals surface area contributed by atoms with Gasteiger partial charge in [0.25, 0.3) is 0 Å². The van der Waals surface area contributed by atoms with E-state index in [2.05, 4.69) is 40.2 Å². The molecule has 1 N–H and O–H groups in total. The number of anilines is 2. The number of carbonyl (C=O) groups is 1. The van der Waals surface area contributed by atoms with Crippen molar-refractivity contribution in [3.05, 3.63) is 71.8 Å². The number of nitrogens with one attached hydrogen (secondary N) is 1. The fourth-order valence-corrected chi connectivity index (χ4v) is 4.60. The molecule has 35 heavy (non-hydrogen) atoms. The zero-order valence-corrected chi connectivity index (χ0v) is 21.2. The number of amides is 2. The summed E-state index contributed by atoms with van der Waals surface area (Å²) in [7, 11) is 0. The van der Waals surface area contributed by atoms with Crippen LogP contribution in [0, 0.1) is 0 Å². The molecule has 6 nitrogen and oxygen atoms in total. The SMILES string of the molecule is CCCCNC(=O)N(OCCCN1CCN(c2cccc(Cl)c2)CC1)c1cccc2ccccc12. The van der Waals surface area contributed by atoms with Crippen molar-refractivity contribution >= 4 is 39.8 Å². The highest BCUT2D eigenvalue weighted by molar-refractivity contribution is 6.30. The van der Waals surface area contributed by atoms with E-state index in [9.17, 15) is 4.79 Å². The maximum Gasteiger partial charge on any atom is 0.346 e. The number of hydroxylamine groups is 1. The van der Waals surface area contributed by atoms with Crippen LogP contribution in [0.25, 0.3) is 10.8 Å². The summed E-state index contributed by atoms with van der Waals surface area (Å²) in [4.78, 5) is 23.9. The molecule has 1 aliphatic heterocycles. The number of nitrogens with zero attached hydrogens (tertiary/aromatic N) is 3. The second-order valence-electron chi connectivity index (χ2n) is 8.87. The highest BCUT2D eigenvalue weighted by Crippen LogP contribution is 2.27. The lowest BCUT2D eigenvalue weighted by molar-refractivity contribution is 0.106. The predicted molar refractivity (Wildman–Crippen MR) is 145 cm³/mol. The predicted octanol–water partition coefficient (Wildman–Crippen LogP) is 5.95. The largest absolute Gasteiger partial charge is 0.369 e. The van der Waals surface area contributed by atoms with E-state index in [0.717, 1.165) is 73.5 Å². The molecule has 4 rings (SSSR count). The number of hydrogen-bond donors (Lipinski definition) is 1. The second-order valence-corrected chi connectivity index (χ2v) is 9.31. The van der Waals surface area contributed by atoms with Gasteiger partial charge in [0.1, 0.15) is 0 Å². The van der Waals surface area contributed by atoms with Crippen molar-refractivity contribution in [1.29, 1.82) is 0 Å². The fourth-order valence-electron chi connectivity index (χ4n) is 4.41. The standard InChI is InChI=1S/C28H35ClN4O2/c1-2-3-15-30-28(34)33(27-14-6-10-23-9-4-5-13-26(23)27)35-21-8-16-31-17-19-32(20-18-31)25-12-7-11-24(29)22-25/h4-7,9-14,22H,2-3,8,15-21H2,1H3,(H,30,34). The van der Waals surface area contributed by atoms with Gasteiger partial charge in [-0.3, -0.25) is 9.74 Å². The number of rotatable bonds is 10. The lowest BCUT2D eigenvalue weighted by atomic mass is 10.1. The molecule has 7 heteroatoms. The molecule has 0 saturated carbocycles. The van der Waals surface area contributed by atoms with Crippen molar-refractivity contribution in [2.45, 2.75) is 26.2 Å². The smallest absolute Gasteiger partial charge is 0.346 e. The summed E-state index contributed by atoms with van der Waals surface area (Å²) in [5, 5.41) is 7.29. The molecule has 1 fully saturated rings. The van der Waals surface area contributed by atoms with Crippen LogP contribution in [0.4, 0.5) is 16.2 Å². The molecule has 2 amide bonds. The number of fused-ring (bicyclic) bond motifs is 1. The molecule has 3 aromatic rings. The van der Waals surface area contributed by atoms with Gasteiger partial charge < -0.3 is 10.2 Å². The maximum atomic E-state index is 13.0. The number of piperazine rings is 1. The molecule has 1 saturated heterocycles. The summed E-state index contributed by atoms with van der Waals surface area (Å²) in [6, 6.07) is 21.9.